The molecule has 0 amide bonds. The van der Waals surface area contributed by atoms with Crippen molar-refractivity contribution in [3.63, 3.8) is 0 Å². The van der Waals surface area contributed by atoms with Crippen molar-refractivity contribution in [2.24, 2.45) is 0 Å². The van der Waals surface area contributed by atoms with Gasteiger partial charge in [-0.1, -0.05) is 6.07 Å². The Balaban J connectivity index is 1.88. The molecule has 2 heterocycles. The van der Waals surface area contributed by atoms with Crippen LogP contribution in [0.3, 0.4) is 0 Å². The smallest absolute Gasteiger partial charge is 0.252 e. The minimum Gasteiger partial charge on any atom is -0.468 e. The highest BCUT2D eigenvalue weighted by Crippen LogP contribution is 2.23. The molecule has 0 aliphatic carbocycles. The Hall–Kier alpha value is -1.98. The molecular formula is C18H20N2O2S. The fourth-order valence-corrected chi connectivity index (χ4v) is 3.06. The quantitative estimate of drug-likeness (QED) is 0.718. The van der Waals surface area contributed by atoms with Crippen molar-refractivity contribution in [3.05, 3.63) is 64.3 Å². The molecule has 3 aromatic rings. The van der Waals surface area contributed by atoms with E-state index in [1.807, 2.05) is 37.6 Å². The predicted octanol–water partition coefficient (Wildman–Crippen LogP) is 4.04. The number of aromatic amines is 1. The number of furan rings is 1. The van der Waals surface area contributed by atoms with Gasteiger partial charge in [-0.3, -0.25) is 9.69 Å². The third-order valence-corrected chi connectivity index (χ3v) is 4.89. The third kappa shape index (κ3) is 3.35. The van der Waals surface area contributed by atoms with Gasteiger partial charge in [0.25, 0.3) is 5.56 Å². The summed E-state index contributed by atoms with van der Waals surface area (Å²) in [7, 11) is 1.99. The van der Waals surface area contributed by atoms with Crippen molar-refractivity contribution >= 4 is 22.7 Å². The summed E-state index contributed by atoms with van der Waals surface area (Å²) in [4.78, 5) is 18.6. The van der Waals surface area contributed by atoms with E-state index in [9.17, 15) is 4.79 Å². The predicted molar refractivity (Wildman–Crippen MR) is 94.9 cm³/mol. The van der Waals surface area contributed by atoms with Crippen LogP contribution in [0.2, 0.25) is 0 Å². The molecule has 1 aromatic carbocycles. The second kappa shape index (κ2) is 6.64. The van der Waals surface area contributed by atoms with E-state index in [-0.39, 0.29) is 11.6 Å². The average molecular weight is 328 g/mol. The van der Waals surface area contributed by atoms with E-state index in [1.165, 1.54) is 0 Å². The molecule has 4 nitrogen and oxygen atoms in total. The van der Waals surface area contributed by atoms with Crippen LogP contribution in [0, 0.1) is 0 Å². The van der Waals surface area contributed by atoms with E-state index < -0.39 is 0 Å². The normalized spacial score (nSPS) is 12.9. The van der Waals surface area contributed by atoms with Crippen LogP contribution in [-0.2, 0) is 6.54 Å². The minimum atomic E-state index is -0.0331. The van der Waals surface area contributed by atoms with Crippen LogP contribution in [0.1, 0.15) is 24.3 Å². The van der Waals surface area contributed by atoms with Gasteiger partial charge in [0.2, 0.25) is 0 Å². The Morgan fingerprint density at radius 2 is 2.13 bits per heavy atom. The first kappa shape index (κ1) is 15.9. The van der Waals surface area contributed by atoms with E-state index >= 15 is 0 Å². The van der Waals surface area contributed by atoms with Gasteiger partial charge in [0.05, 0.1) is 12.3 Å². The Labute approximate surface area is 139 Å². The lowest BCUT2D eigenvalue weighted by Crippen LogP contribution is -2.25. The zero-order valence-corrected chi connectivity index (χ0v) is 14.3. The lowest BCUT2D eigenvalue weighted by molar-refractivity contribution is 0.222. The molecule has 0 unspecified atom stereocenters. The highest BCUT2D eigenvalue weighted by Gasteiger charge is 2.16. The van der Waals surface area contributed by atoms with E-state index in [1.54, 1.807) is 18.0 Å². The third-order valence-electron chi connectivity index (χ3n) is 4.17. The Bertz CT molecular complexity index is 855. The SMILES string of the molecule is CSc1ccc2cc(CN(C)[C@@H](C)c3ccco3)c(=O)[nH]c2c1. The summed E-state index contributed by atoms with van der Waals surface area (Å²) in [5, 5.41) is 1.05. The van der Waals surface area contributed by atoms with Crippen molar-refractivity contribution < 1.29 is 4.42 Å². The number of pyridine rings is 1. The molecule has 1 atom stereocenters. The summed E-state index contributed by atoms with van der Waals surface area (Å²) in [6.07, 6.45) is 3.70. The molecular weight excluding hydrogens is 308 g/mol. The molecule has 0 spiro atoms. The maximum absolute atomic E-state index is 12.4. The zero-order chi connectivity index (χ0) is 16.4. The number of aromatic nitrogens is 1. The standard InChI is InChI=1S/C18H20N2O2S/c1-12(17-5-4-8-22-17)20(2)11-14-9-13-6-7-15(23-3)10-16(13)19-18(14)21/h4-10,12H,11H2,1-3H3,(H,19,21)/t12-/m0/s1. The van der Waals surface area contributed by atoms with Crippen LogP contribution in [0.25, 0.3) is 10.9 Å². The van der Waals surface area contributed by atoms with Crippen LogP contribution in [0.5, 0.6) is 0 Å². The molecule has 2 aromatic heterocycles. The van der Waals surface area contributed by atoms with Gasteiger partial charge in [0.15, 0.2) is 0 Å². The molecule has 0 saturated carbocycles. The highest BCUT2D eigenvalue weighted by atomic mass is 32.2. The monoisotopic (exact) mass is 328 g/mol. The molecule has 0 radical (unpaired) electrons. The molecule has 120 valence electrons. The van der Waals surface area contributed by atoms with Crippen molar-refractivity contribution in [1.82, 2.24) is 9.88 Å². The van der Waals surface area contributed by atoms with E-state index in [0.717, 1.165) is 27.1 Å². The van der Waals surface area contributed by atoms with Gasteiger partial charge in [0, 0.05) is 22.5 Å². The second-order valence-electron chi connectivity index (χ2n) is 5.68. The molecule has 3 rings (SSSR count). The van der Waals surface area contributed by atoms with Gasteiger partial charge < -0.3 is 9.40 Å². The lowest BCUT2D eigenvalue weighted by atomic mass is 10.1. The second-order valence-corrected chi connectivity index (χ2v) is 6.56. The summed E-state index contributed by atoms with van der Waals surface area (Å²) in [5.74, 6) is 0.898. The van der Waals surface area contributed by atoms with Crippen LogP contribution < -0.4 is 5.56 Å². The topological polar surface area (TPSA) is 49.2 Å². The van der Waals surface area contributed by atoms with Gasteiger partial charge in [-0.05, 0) is 55.9 Å². The Morgan fingerprint density at radius 3 is 2.83 bits per heavy atom. The number of nitrogens with zero attached hydrogens (tertiary/aromatic N) is 1. The molecule has 23 heavy (non-hydrogen) atoms. The summed E-state index contributed by atoms with van der Waals surface area (Å²) in [6, 6.07) is 12.1. The fraction of sp³-hybridized carbons (Fsp3) is 0.278. The summed E-state index contributed by atoms with van der Waals surface area (Å²) in [6.45, 7) is 2.64. The van der Waals surface area contributed by atoms with Gasteiger partial charge in [0.1, 0.15) is 5.76 Å². The van der Waals surface area contributed by atoms with Crippen molar-refractivity contribution in [3.8, 4) is 0 Å². The molecule has 0 fully saturated rings. The molecule has 0 bridgehead atoms. The van der Waals surface area contributed by atoms with E-state index in [4.69, 9.17) is 4.42 Å². The average Bonchev–Trinajstić information content (AvgIpc) is 3.08. The number of rotatable bonds is 5. The number of hydrogen-bond acceptors (Lipinski definition) is 4. The first-order chi connectivity index (χ1) is 11.1. The van der Waals surface area contributed by atoms with E-state index in [0.29, 0.717) is 6.54 Å². The van der Waals surface area contributed by atoms with Crippen molar-refractivity contribution in [2.45, 2.75) is 24.4 Å². The van der Waals surface area contributed by atoms with Gasteiger partial charge >= 0.3 is 0 Å². The summed E-state index contributed by atoms with van der Waals surface area (Å²) >= 11 is 1.67. The van der Waals surface area contributed by atoms with Gasteiger partial charge in [-0.2, -0.15) is 0 Å². The number of hydrogen-bond donors (Lipinski definition) is 1. The Morgan fingerprint density at radius 1 is 1.30 bits per heavy atom. The fourth-order valence-electron chi connectivity index (χ4n) is 2.62. The molecule has 0 aliphatic rings. The van der Waals surface area contributed by atoms with Gasteiger partial charge in [-0.15, -0.1) is 11.8 Å². The van der Waals surface area contributed by atoms with Crippen molar-refractivity contribution in [1.29, 1.82) is 0 Å². The highest BCUT2D eigenvalue weighted by molar-refractivity contribution is 7.98. The zero-order valence-electron chi connectivity index (χ0n) is 13.5. The van der Waals surface area contributed by atoms with Crippen LogP contribution >= 0.6 is 11.8 Å². The lowest BCUT2D eigenvalue weighted by Gasteiger charge is -2.22. The summed E-state index contributed by atoms with van der Waals surface area (Å²) < 4.78 is 5.45. The molecule has 0 aliphatic heterocycles. The number of thioether (sulfide) groups is 1. The van der Waals surface area contributed by atoms with Crippen LogP contribution in [0.15, 0.2) is 56.8 Å². The number of benzene rings is 1. The Kier molecular flexibility index (Phi) is 4.59. The first-order valence-corrected chi connectivity index (χ1v) is 8.74. The minimum absolute atomic E-state index is 0.0331. The molecule has 5 heteroatoms. The number of nitrogens with one attached hydrogen (secondary N) is 1. The molecule has 0 saturated heterocycles. The summed E-state index contributed by atoms with van der Waals surface area (Å²) in [5.41, 5.74) is 1.61. The number of H-pyrrole nitrogens is 1. The number of fused-ring (bicyclic) bond motifs is 1. The first-order valence-electron chi connectivity index (χ1n) is 7.52. The van der Waals surface area contributed by atoms with E-state index in [2.05, 4.69) is 28.9 Å². The maximum atomic E-state index is 12.4. The van der Waals surface area contributed by atoms with Gasteiger partial charge in [-0.25, -0.2) is 0 Å². The van der Waals surface area contributed by atoms with Crippen molar-refractivity contribution in [2.75, 3.05) is 13.3 Å². The largest absolute Gasteiger partial charge is 0.468 e. The van der Waals surface area contributed by atoms with Crippen LogP contribution in [-0.4, -0.2) is 23.2 Å². The molecule has 1 N–H and O–H groups in total. The van der Waals surface area contributed by atoms with Crippen LogP contribution in [0.4, 0.5) is 0 Å². The maximum Gasteiger partial charge on any atom is 0.252 e.